The van der Waals surface area contributed by atoms with E-state index in [0.29, 0.717) is 5.92 Å². The lowest BCUT2D eigenvalue weighted by molar-refractivity contribution is 0.0762. The van der Waals surface area contributed by atoms with Crippen LogP contribution >= 0.6 is 0 Å². The number of aryl methyl sites for hydroxylation is 2. The number of pyridine rings is 2. The first-order chi connectivity index (χ1) is 15.9. The zero-order chi connectivity index (χ0) is 23.0. The molecule has 7 nitrogen and oxygen atoms in total. The first-order valence-electron chi connectivity index (χ1n) is 11.9. The fourth-order valence-electron chi connectivity index (χ4n) is 4.83. The number of imidazole rings is 1. The molecule has 0 bridgehead atoms. The minimum atomic E-state index is 0.237. The van der Waals surface area contributed by atoms with Gasteiger partial charge in [0.1, 0.15) is 12.2 Å². The van der Waals surface area contributed by atoms with Crippen LogP contribution in [-0.4, -0.2) is 53.1 Å². The van der Waals surface area contributed by atoms with E-state index in [1.165, 1.54) is 25.9 Å². The Morgan fingerprint density at radius 2 is 2.03 bits per heavy atom. The van der Waals surface area contributed by atoms with Gasteiger partial charge in [0, 0.05) is 36.0 Å². The molecular weight excluding hydrogens is 410 g/mol. The monoisotopic (exact) mass is 443 g/mol. The van der Waals surface area contributed by atoms with Crippen LogP contribution in [0.3, 0.4) is 0 Å². The first-order valence-corrected chi connectivity index (χ1v) is 11.9. The van der Waals surface area contributed by atoms with Crippen LogP contribution in [0.1, 0.15) is 51.6 Å². The highest BCUT2D eigenvalue weighted by molar-refractivity contribution is 5.78. The second kappa shape index (κ2) is 8.71. The molecule has 0 amide bonds. The summed E-state index contributed by atoms with van der Waals surface area (Å²) in [5.41, 5.74) is 5.87. The summed E-state index contributed by atoms with van der Waals surface area (Å²) in [6, 6.07) is 10.2. The molecule has 1 aliphatic heterocycles. The Balaban J connectivity index is 1.43. The molecule has 4 aromatic rings. The van der Waals surface area contributed by atoms with Crippen molar-refractivity contribution in [1.82, 2.24) is 34.4 Å². The molecule has 5 rings (SSSR count). The molecule has 0 saturated carbocycles. The average molecular weight is 444 g/mol. The molecule has 0 aromatic carbocycles. The van der Waals surface area contributed by atoms with E-state index in [1.807, 2.05) is 43.5 Å². The molecule has 5 heterocycles. The Bertz CT molecular complexity index is 1250. The summed E-state index contributed by atoms with van der Waals surface area (Å²) < 4.78 is 1.77. The summed E-state index contributed by atoms with van der Waals surface area (Å²) in [7, 11) is 0. The van der Waals surface area contributed by atoms with Gasteiger partial charge in [-0.05, 0) is 83.7 Å². The normalized spacial score (nSPS) is 17.6. The third-order valence-electron chi connectivity index (χ3n) is 6.71. The predicted molar refractivity (Wildman–Crippen MR) is 131 cm³/mol. The SMILES string of the molecule is Cc1cccc(-c2[nH]c(CCC3CCCN(C(C)(C)C)C3)nc2-c2ccn3ncnc3c2)n1. The van der Waals surface area contributed by atoms with Gasteiger partial charge in [-0.15, -0.1) is 0 Å². The molecule has 1 aliphatic rings. The van der Waals surface area contributed by atoms with Crippen LogP contribution in [0.5, 0.6) is 0 Å². The summed E-state index contributed by atoms with van der Waals surface area (Å²) in [5, 5.41) is 4.22. The van der Waals surface area contributed by atoms with Crippen LogP contribution < -0.4 is 0 Å². The molecule has 1 fully saturated rings. The van der Waals surface area contributed by atoms with E-state index >= 15 is 0 Å². The Morgan fingerprint density at radius 3 is 2.85 bits per heavy atom. The van der Waals surface area contributed by atoms with Gasteiger partial charge in [0.05, 0.1) is 17.1 Å². The van der Waals surface area contributed by atoms with Crippen molar-refractivity contribution < 1.29 is 0 Å². The van der Waals surface area contributed by atoms with Gasteiger partial charge in [-0.1, -0.05) is 6.07 Å². The third kappa shape index (κ3) is 4.69. The molecular formula is C26H33N7. The zero-order valence-corrected chi connectivity index (χ0v) is 20.0. The number of H-pyrrole nitrogens is 1. The molecule has 0 aliphatic carbocycles. The highest BCUT2D eigenvalue weighted by atomic mass is 15.3. The Kier molecular flexibility index (Phi) is 5.74. The van der Waals surface area contributed by atoms with Crippen molar-refractivity contribution in [2.45, 2.75) is 58.9 Å². The maximum absolute atomic E-state index is 5.06. The molecule has 1 unspecified atom stereocenters. The molecule has 0 radical (unpaired) electrons. The number of rotatable bonds is 5. The number of aromatic amines is 1. The number of hydrogen-bond donors (Lipinski definition) is 1. The van der Waals surface area contributed by atoms with Gasteiger partial charge in [-0.3, -0.25) is 9.88 Å². The molecule has 4 aromatic heterocycles. The van der Waals surface area contributed by atoms with Gasteiger partial charge in [0.2, 0.25) is 0 Å². The predicted octanol–water partition coefficient (Wildman–Crippen LogP) is 4.93. The maximum atomic E-state index is 5.06. The number of hydrogen-bond acceptors (Lipinski definition) is 5. The van der Waals surface area contributed by atoms with Gasteiger partial charge in [0.15, 0.2) is 5.65 Å². The van der Waals surface area contributed by atoms with E-state index in [1.54, 1.807) is 10.8 Å². The summed E-state index contributed by atoms with van der Waals surface area (Å²) in [6.45, 7) is 11.4. The van der Waals surface area contributed by atoms with Crippen molar-refractivity contribution in [3.05, 3.63) is 54.4 Å². The number of likely N-dealkylation sites (tertiary alicyclic amines) is 1. The van der Waals surface area contributed by atoms with Gasteiger partial charge in [0.25, 0.3) is 0 Å². The van der Waals surface area contributed by atoms with Gasteiger partial charge in [-0.2, -0.15) is 5.10 Å². The van der Waals surface area contributed by atoms with E-state index in [0.717, 1.165) is 52.7 Å². The van der Waals surface area contributed by atoms with Crippen LogP contribution in [0, 0.1) is 12.8 Å². The molecule has 1 N–H and O–H groups in total. The topological polar surface area (TPSA) is 75.0 Å². The summed E-state index contributed by atoms with van der Waals surface area (Å²) in [4.78, 5) is 20.4. The third-order valence-corrected chi connectivity index (χ3v) is 6.71. The number of piperidine rings is 1. The minimum Gasteiger partial charge on any atom is -0.340 e. The van der Waals surface area contributed by atoms with Crippen LogP contribution in [0.25, 0.3) is 28.3 Å². The van der Waals surface area contributed by atoms with E-state index in [-0.39, 0.29) is 5.54 Å². The first kappa shape index (κ1) is 21.8. The summed E-state index contributed by atoms with van der Waals surface area (Å²) in [6.07, 6.45) is 8.17. The Labute approximate surface area is 195 Å². The summed E-state index contributed by atoms with van der Waals surface area (Å²) >= 11 is 0. The van der Waals surface area contributed by atoms with Gasteiger partial charge >= 0.3 is 0 Å². The van der Waals surface area contributed by atoms with Crippen LogP contribution in [0.15, 0.2) is 42.9 Å². The molecule has 1 saturated heterocycles. The van der Waals surface area contributed by atoms with Crippen molar-refractivity contribution in [2.24, 2.45) is 5.92 Å². The smallest absolute Gasteiger partial charge is 0.155 e. The standard InChI is InChI=1S/C26H33N7/c1-18-7-5-9-21(29-18)25-24(20-12-14-33-23(15-20)27-17-28-33)30-22(31-25)11-10-19-8-6-13-32(16-19)26(2,3)4/h5,7,9,12,14-15,17,19H,6,8,10-11,13,16H2,1-4H3,(H,30,31). The van der Waals surface area contributed by atoms with E-state index in [4.69, 9.17) is 9.97 Å². The summed E-state index contributed by atoms with van der Waals surface area (Å²) in [5.74, 6) is 1.73. The van der Waals surface area contributed by atoms with Crippen LogP contribution in [0.4, 0.5) is 0 Å². The lowest BCUT2D eigenvalue weighted by Crippen LogP contribution is -2.47. The number of nitrogens with zero attached hydrogens (tertiary/aromatic N) is 6. The number of nitrogens with one attached hydrogen (secondary N) is 1. The highest BCUT2D eigenvalue weighted by Gasteiger charge is 2.28. The van der Waals surface area contributed by atoms with Crippen molar-refractivity contribution in [3.63, 3.8) is 0 Å². The van der Waals surface area contributed by atoms with Crippen molar-refractivity contribution in [2.75, 3.05) is 13.1 Å². The van der Waals surface area contributed by atoms with E-state index in [9.17, 15) is 0 Å². The van der Waals surface area contributed by atoms with E-state index in [2.05, 4.69) is 40.7 Å². The fourth-order valence-corrected chi connectivity index (χ4v) is 4.83. The van der Waals surface area contributed by atoms with Gasteiger partial charge < -0.3 is 4.98 Å². The zero-order valence-electron chi connectivity index (χ0n) is 20.0. The van der Waals surface area contributed by atoms with Crippen molar-refractivity contribution in [3.8, 4) is 22.6 Å². The van der Waals surface area contributed by atoms with Crippen LogP contribution in [-0.2, 0) is 6.42 Å². The quantitative estimate of drug-likeness (QED) is 0.473. The fraction of sp³-hybridized carbons (Fsp3) is 0.462. The molecule has 172 valence electrons. The Morgan fingerprint density at radius 1 is 1.15 bits per heavy atom. The van der Waals surface area contributed by atoms with Gasteiger partial charge in [-0.25, -0.2) is 14.5 Å². The minimum absolute atomic E-state index is 0.237. The molecule has 33 heavy (non-hydrogen) atoms. The Hall–Kier alpha value is -3.06. The number of fused-ring (bicyclic) bond motifs is 1. The average Bonchev–Trinajstić information content (AvgIpc) is 3.44. The largest absolute Gasteiger partial charge is 0.340 e. The second-order valence-corrected chi connectivity index (χ2v) is 10.2. The van der Waals surface area contributed by atoms with Crippen LogP contribution in [0.2, 0.25) is 0 Å². The molecule has 7 heteroatoms. The highest BCUT2D eigenvalue weighted by Crippen LogP contribution is 2.31. The number of aromatic nitrogens is 6. The second-order valence-electron chi connectivity index (χ2n) is 10.2. The van der Waals surface area contributed by atoms with Crippen molar-refractivity contribution >= 4 is 5.65 Å². The molecule has 1 atom stereocenters. The molecule has 0 spiro atoms. The maximum Gasteiger partial charge on any atom is 0.155 e. The van der Waals surface area contributed by atoms with E-state index < -0.39 is 0 Å². The lowest BCUT2D eigenvalue weighted by Gasteiger charge is -2.41. The lowest BCUT2D eigenvalue weighted by atomic mass is 9.90. The van der Waals surface area contributed by atoms with Crippen molar-refractivity contribution in [1.29, 1.82) is 0 Å².